The van der Waals surface area contributed by atoms with Crippen LogP contribution < -0.4 is 5.32 Å². The van der Waals surface area contributed by atoms with Crippen molar-refractivity contribution in [1.82, 2.24) is 5.32 Å². The molecule has 1 N–H and O–H groups in total. The maximum atomic E-state index is 11.3. The van der Waals surface area contributed by atoms with Crippen LogP contribution in [0.15, 0.2) is 41.4 Å². The van der Waals surface area contributed by atoms with Crippen LogP contribution in [0, 0.1) is 0 Å². The Kier molecular flexibility index (Phi) is 6.26. The first-order chi connectivity index (χ1) is 7.74. The Balaban J connectivity index is 2.28. The predicted octanol–water partition coefficient (Wildman–Crippen LogP) is 2.98. The van der Waals surface area contributed by atoms with Gasteiger partial charge in [0.25, 0.3) is 0 Å². The Bertz CT molecular complexity index is 368. The van der Waals surface area contributed by atoms with Gasteiger partial charge in [-0.25, -0.2) is 0 Å². The van der Waals surface area contributed by atoms with Crippen LogP contribution in [0.25, 0.3) is 0 Å². The Labute approximate surface area is 109 Å². The molecular formula is C12H14BrNOS. The number of hydrogen-bond acceptors (Lipinski definition) is 2. The van der Waals surface area contributed by atoms with Crippen LogP contribution in [0.4, 0.5) is 0 Å². The summed E-state index contributed by atoms with van der Waals surface area (Å²) in [6.45, 7) is 4.08. The zero-order valence-corrected chi connectivity index (χ0v) is 11.3. The van der Waals surface area contributed by atoms with Gasteiger partial charge in [0.1, 0.15) is 0 Å². The fourth-order valence-electron chi connectivity index (χ4n) is 1.11. The zero-order valence-electron chi connectivity index (χ0n) is 8.91. The largest absolute Gasteiger partial charge is 0.352 e. The number of benzene rings is 1. The Morgan fingerprint density at radius 1 is 1.50 bits per heavy atom. The monoisotopic (exact) mass is 299 g/mol. The van der Waals surface area contributed by atoms with Gasteiger partial charge in [-0.1, -0.05) is 40.2 Å². The van der Waals surface area contributed by atoms with Crippen LogP contribution in [0.5, 0.6) is 0 Å². The van der Waals surface area contributed by atoms with Crippen LogP contribution in [-0.4, -0.2) is 18.2 Å². The number of carbonyl (C=O) groups is 1. The van der Waals surface area contributed by atoms with E-state index in [9.17, 15) is 4.79 Å². The average molecular weight is 300 g/mol. The number of rotatable bonds is 6. The van der Waals surface area contributed by atoms with Gasteiger partial charge in [-0.15, -0.1) is 18.3 Å². The SMILES string of the molecule is C=CCNC(=O)CSCc1ccccc1Br. The predicted molar refractivity (Wildman–Crippen MR) is 73.5 cm³/mol. The van der Waals surface area contributed by atoms with Gasteiger partial charge in [0.2, 0.25) is 5.91 Å². The molecule has 0 aliphatic rings. The first-order valence-electron chi connectivity index (χ1n) is 4.92. The number of halogens is 1. The van der Waals surface area contributed by atoms with E-state index in [1.54, 1.807) is 17.8 Å². The molecule has 0 spiro atoms. The Morgan fingerprint density at radius 2 is 2.25 bits per heavy atom. The fraction of sp³-hybridized carbons (Fsp3) is 0.250. The quantitative estimate of drug-likeness (QED) is 0.818. The summed E-state index contributed by atoms with van der Waals surface area (Å²) in [4.78, 5) is 11.3. The highest BCUT2D eigenvalue weighted by atomic mass is 79.9. The van der Waals surface area contributed by atoms with Crippen LogP contribution >= 0.6 is 27.7 Å². The summed E-state index contributed by atoms with van der Waals surface area (Å²) in [6.07, 6.45) is 1.68. The molecule has 0 bridgehead atoms. The Hall–Kier alpha value is -0.740. The molecule has 4 heteroatoms. The lowest BCUT2D eigenvalue weighted by molar-refractivity contribution is -0.118. The molecule has 0 aliphatic heterocycles. The van der Waals surface area contributed by atoms with E-state index < -0.39 is 0 Å². The molecule has 1 amide bonds. The fourth-order valence-corrected chi connectivity index (χ4v) is 2.58. The topological polar surface area (TPSA) is 29.1 Å². The van der Waals surface area contributed by atoms with E-state index in [1.165, 1.54) is 5.56 Å². The molecule has 0 aliphatic carbocycles. The average Bonchev–Trinajstić information content (AvgIpc) is 2.29. The van der Waals surface area contributed by atoms with E-state index in [4.69, 9.17) is 0 Å². The molecule has 0 unspecified atom stereocenters. The van der Waals surface area contributed by atoms with Crippen LogP contribution in [0.1, 0.15) is 5.56 Å². The minimum atomic E-state index is 0.0527. The first kappa shape index (κ1) is 13.3. The van der Waals surface area contributed by atoms with Crippen LogP contribution in [0.3, 0.4) is 0 Å². The third kappa shape index (κ3) is 4.86. The summed E-state index contributed by atoms with van der Waals surface area (Å²) in [6, 6.07) is 8.04. The lowest BCUT2D eigenvalue weighted by Gasteiger charge is -2.04. The summed E-state index contributed by atoms with van der Waals surface area (Å²) in [5.41, 5.74) is 1.21. The smallest absolute Gasteiger partial charge is 0.230 e. The minimum Gasteiger partial charge on any atom is -0.352 e. The van der Waals surface area contributed by atoms with E-state index in [2.05, 4.69) is 33.9 Å². The maximum absolute atomic E-state index is 11.3. The first-order valence-corrected chi connectivity index (χ1v) is 6.87. The molecule has 0 heterocycles. The second-order valence-electron chi connectivity index (χ2n) is 3.18. The van der Waals surface area contributed by atoms with E-state index in [-0.39, 0.29) is 5.91 Å². The number of thioether (sulfide) groups is 1. The third-order valence-corrected chi connectivity index (χ3v) is 3.65. The molecule has 1 aromatic rings. The molecule has 0 saturated carbocycles. The van der Waals surface area contributed by atoms with Crippen molar-refractivity contribution in [1.29, 1.82) is 0 Å². The minimum absolute atomic E-state index is 0.0527. The van der Waals surface area contributed by atoms with Gasteiger partial charge in [-0.05, 0) is 11.6 Å². The molecule has 2 nitrogen and oxygen atoms in total. The summed E-state index contributed by atoms with van der Waals surface area (Å²) >= 11 is 5.08. The third-order valence-electron chi connectivity index (χ3n) is 1.89. The molecule has 0 atom stereocenters. The van der Waals surface area contributed by atoms with Crippen molar-refractivity contribution in [2.75, 3.05) is 12.3 Å². The van der Waals surface area contributed by atoms with Crippen molar-refractivity contribution in [3.63, 3.8) is 0 Å². The highest BCUT2D eigenvalue weighted by molar-refractivity contribution is 9.10. The van der Waals surface area contributed by atoms with Crippen molar-refractivity contribution in [2.45, 2.75) is 5.75 Å². The Morgan fingerprint density at radius 3 is 2.94 bits per heavy atom. The van der Waals surface area contributed by atoms with Crippen molar-refractivity contribution in [3.8, 4) is 0 Å². The van der Waals surface area contributed by atoms with Crippen molar-refractivity contribution >= 4 is 33.6 Å². The van der Waals surface area contributed by atoms with Gasteiger partial charge in [-0.2, -0.15) is 0 Å². The maximum Gasteiger partial charge on any atom is 0.230 e. The molecule has 0 fully saturated rings. The molecule has 0 radical (unpaired) electrons. The van der Waals surface area contributed by atoms with Gasteiger partial charge < -0.3 is 5.32 Å². The molecule has 0 aromatic heterocycles. The summed E-state index contributed by atoms with van der Waals surface area (Å²) in [7, 11) is 0. The van der Waals surface area contributed by atoms with Gasteiger partial charge in [0, 0.05) is 16.8 Å². The lowest BCUT2D eigenvalue weighted by atomic mass is 10.2. The normalized spacial score (nSPS) is 9.81. The second kappa shape index (κ2) is 7.52. The van der Waals surface area contributed by atoms with E-state index >= 15 is 0 Å². The summed E-state index contributed by atoms with van der Waals surface area (Å²) < 4.78 is 1.09. The molecular weight excluding hydrogens is 286 g/mol. The standard InChI is InChI=1S/C12H14BrNOS/c1-2-7-14-12(15)9-16-8-10-5-3-4-6-11(10)13/h2-6H,1,7-9H2,(H,14,15). The molecule has 0 saturated heterocycles. The lowest BCUT2D eigenvalue weighted by Crippen LogP contribution is -2.24. The van der Waals surface area contributed by atoms with Crippen molar-refractivity contribution < 1.29 is 4.79 Å². The van der Waals surface area contributed by atoms with E-state index in [1.807, 2.05) is 18.2 Å². The number of nitrogens with one attached hydrogen (secondary N) is 1. The number of amides is 1. The molecule has 86 valence electrons. The summed E-state index contributed by atoms with van der Waals surface area (Å²) in [5.74, 6) is 1.37. The molecule has 16 heavy (non-hydrogen) atoms. The van der Waals surface area contributed by atoms with E-state index in [0.29, 0.717) is 12.3 Å². The van der Waals surface area contributed by atoms with Gasteiger partial charge in [0.05, 0.1) is 5.75 Å². The molecule has 1 aromatic carbocycles. The van der Waals surface area contributed by atoms with E-state index in [0.717, 1.165) is 10.2 Å². The highest BCUT2D eigenvalue weighted by Gasteiger charge is 2.02. The second-order valence-corrected chi connectivity index (χ2v) is 5.02. The molecule has 1 rings (SSSR count). The number of carbonyl (C=O) groups excluding carboxylic acids is 1. The summed E-state index contributed by atoms with van der Waals surface area (Å²) in [5, 5.41) is 2.74. The van der Waals surface area contributed by atoms with Crippen LogP contribution in [-0.2, 0) is 10.5 Å². The van der Waals surface area contributed by atoms with Crippen molar-refractivity contribution in [2.24, 2.45) is 0 Å². The highest BCUT2D eigenvalue weighted by Crippen LogP contribution is 2.20. The number of hydrogen-bond donors (Lipinski definition) is 1. The zero-order chi connectivity index (χ0) is 11.8. The van der Waals surface area contributed by atoms with Gasteiger partial charge in [0.15, 0.2) is 0 Å². The van der Waals surface area contributed by atoms with Gasteiger partial charge in [-0.3, -0.25) is 4.79 Å². The van der Waals surface area contributed by atoms with Crippen LogP contribution in [0.2, 0.25) is 0 Å². The van der Waals surface area contributed by atoms with Gasteiger partial charge >= 0.3 is 0 Å². The van der Waals surface area contributed by atoms with Crippen molar-refractivity contribution in [3.05, 3.63) is 47.0 Å².